The Morgan fingerprint density at radius 2 is 1.81 bits per heavy atom. The lowest BCUT2D eigenvalue weighted by atomic mass is 10.2. The Bertz CT molecular complexity index is 886. The summed E-state index contributed by atoms with van der Waals surface area (Å²) in [6, 6.07) is 13.1. The SMILES string of the molecule is CN(CCc1ccncc1)C(=O)c1cc(NCc2ccc(Cl)cc2)ncn1. The molecule has 0 aliphatic rings. The summed E-state index contributed by atoms with van der Waals surface area (Å²) in [5, 5.41) is 3.90. The van der Waals surface area contributed by atoms with Gasteiger partial charge in [0, 0.05) is 43.6 Å². The first kappa shape index (κ1) is 18.8. The number of carbonyl (C=O) groups is 1. The van der Waals surface area contributed by atoms with E-state index in [1.165, 1.54) is 6.33 Å². The molecule has 0 spiro atoms. The molecule has 0 radical (unpaired) electrons. The highest BCUT2D eigenvalue weighted by Gasteiger charge is 2.14. The van der Waals surface area contributed by atoms with Crippen LogP contribution in [-0.2, 0) is 13.0 Å². The molecular formula is C20H20ClN5O. The van der Waals surface area contributed by atoms with Crippen LogP contribution in [0.3, 0.4) is 0 Å². The maximum Gasteiger partial charge on any atom is 0.272 e. The van der Waals surface area contributed by atoms with Gasteiger partial charge in [0.15, 0.2) is 0 Å². The summed E-state index contributed by atoms with van der Waals surface area (Å²) in [5.74, 6) is 0.465. The highest BCUT2D eigenvalue weighted by Crippen LogP contribution is 2.12. The van der Waals surface area contributed by atoms with Crippen LogP contribution in [0.2, 0.25) is 5.02 Å². The quantitative estimate of drug-likeness (QED) is 0.678. The van der Waals surface area contributed by atoms with E-state index in [0.717, 1.165) is 17.5 Å². The topological polar surface area (TPSA) is 71.0 Å². The Labute approximate surface area is 163 Å². The maximum absolute atomic E-state index is 12.6. The molecule has 0 atom stereocenters. The van der Waals surface area contributed by atoms with Crippen molar-refractivity contribution in [3.8, 4) is 0 Å². The van der Waals surface area contributed by atoms with Crippen LogP contribution in [-0.4, -0.2) is 39.4 Å². The average molecular weight is 382 g/mol. The Morgan fingerprint density at radius 3 is 2.56 bits per heavy atom. The Kier molecular flexibility index (Phi) is 6.33. The molecule has 1 N–H and O–H groups in total. The Hall–Kier alpha value is -2.99. The van der Waals surface area contributed by atoms with Crippen molar-refractivity contribution in [1.29, 1.82) is 0 Å². The van der Waals surface area contributed by atoms with Crippen LogP contribution in [0.1, 0.15) is 21.6 Å². The number of carbonyl (C=O) groups excluding carboxylic acids is 1. The van der Waals surface area contributed by atoms with Crippen molar-refractivity contribution >= 4 is 23.3 Å². The minimum absolute atomic E-state index is 0.138. The van der Waals surface area contributed by atoms with E-state index < -0.39 is 0 Å². The van der Waals surface area contributed by atoms with Crippen LogP contribution in [0.4, 0.5) is 5.82 Å². The number of anilines is 1. The number of nitrogens with one attached hydrogen (secondary N) is 1. The van der Waals surface area contributed by atoms with Crippen molar-refractivity contribution in [3.05, 3.63) is 83.0 Å². The summed E-state index contributed by atoms with van der Waals surface area (Å²) in [7, 11) is 1.77. The van der Waals surface area contributed by atoms with E-state index in [9.17, 15) is 4.79 Å². The average Bonchev–Trinajstić information content (AvgIpc) is 2.72. The monoisotopic (exact) mass is 381 g/mol. The fraction of sp³-hybridized carbons (Fsp3) is 0.200. The third-order valence-corrected chi connectivity index (χ3v) is 4.36. The molecule has 0 fully saturated rings. The van der Waals surface area contributed by atoms with E-state index >= 15 is 0 Å². The molecular weight excluding hydrogens is 362 g/mol. The van der Waals surface area contributed by atoms with Crippen molar-refractivity contribution in [2.24, 2.45) is 0 Å². The number of rotatable bonds is 7. The zero-order valence-corrected chi connectivity index (χ0v) is 15.7. The first-order chi connectivity index (χ1) is 13.1. The van der Waals surface area contributed by atoms with Crippen LogP contribution < -0.4 is 5.32 Å². The van der Waals surface area contributed by atoms with Crippen molar-refractivity contribution in [2.75, 3.05) is 18.9 Å². The largest absolute Gasteiger partial charge is 0.366 e. The van der Waals surface area contributed by atoms with Crippen LogP contribution >= 0.6 is 11.6 Å². The Balaban J connectivity index is 1.58. The number of hydrogen-bond donors (Lipinski definition) is 1. The molecule has 138 valence electrons. The second-order valence-electron chi connectivity index (χ2n) is 6.10. The smallest absolute Gasteiger partial charge is 0.272 e. The standard InChI is InChI=1S/C20H20ClN5O/c1-26(11-8-15-6-9-22-10-7-15)20(27)18-12-19(25-14-24-18)23-13-16-2-4-17(21)5-3-16/h2-7,9-10,12,14H,8,11,13H2,1H3,(H,23,24,25). The lowest BCUT2D eigenvalue weighted by Gasteiger charge is -2.17. The minimum Gasteiger partial charge on any atom is -0.366 e. The van der Waals surface area contributed by atoms with Crippen LogP contribution in [0.15, 0.2) is 61.2 Å². The fourth-order valence-electron chi connectivity index (χ4n) is 2.51. The maximum atomic E-state index is 12.6. The predicted molar refractivity (Wildman–Crippen MR) is 106 cm³/mol. The van der Waals surface area contributed by atoms with Gasteiger partial charge in [0.25, 0.3) is 5.91 Å². The number of halogens is 1. The van der Waals surface area contributed by atoms with Gasteiger partial charge in [0.1, 0.15) is 17.8 Å². The lowest BCUT2D eigenvalue weighted by molar-refractivity contribution is 0.0790. The van der Waals surface area contributed by atoms with Gasteiger partial charge < -0.3 is 10.2 Å². The summed E-state index contributed by atoms with van der Waals surface area (Å²) in [5.41, 5.74) is 2.57. The van der Waals surface area contributed by atoms with Gasteiger partial charge in [-0.15, -0.1) is 0 Å². The lowest BCUT2D eigenvalue weighted by Crippen LogP contribution is -2.29. The number of amides is 1. The van der Waals surface area contributed by atoms with Crippen LogP contribution in [0, 0.1) is 0 Å². The van der Waals surface area contributed by atoms with Gasteiger partial charge in [-0.2, -0.15) is 0 Å². The number of likely N-dealkylation sites (N-methyl/N-ethyl adjacent to an activating group) is 1. The van der Waals surface area contributed by atoms with E-state index in [1.54, 1.807) is 30.4 Å². The van der Waals surface area contributed by atoms with E-state index in [1.807, 2.05) is 36.4 Å². The first-order valence-electron chi connectivity index (χ1n) is 8.56. The first-order valence-corrected chi connectivity index (χ1v) is 8.94. The number of nitrogens with zero attached hydrogens (tertiary/aromatic N) is 4. The number of hydrogen-bond acceptors (Lipinski definition) is 5. The molecule has 27 heavy (non-hydrogen) atoms. The molecule has 3 aromatic rings. The molecule has 6 nitrogen and oxygen atoms in total. The Morgan fingerprint density at radius 1 is 1.07 bits per heavy atom. The number of pyridine rings is 1. The zero-order valence-electron chi connectivity index (χ0n) is 15.0. The van der Waals surface area contributed by atoms with E-state index in [2.05, 4.69) is 20.3 Å². The molecule has 0 aliphatic heterocycles. The van der Waals surface area contributed by atoms with Gasteiger partial charge in [0.2, 0.25) is 0 Å². The molecule has 0 saturated heterocycles. The summed E-state index contributed by atoms with van der Waals surface area (Å²) >= 11 is 5.89. The number of aromatic nitrogens is 3. The fourth-order valence-corrected chi connectivity index (χ4v) is 2.64. The summed E-state index contributed by atoms with van der Waals surface area (Å²) in [6.07, 6.45) is 5.66. The minimum atomic E-state index is -0.138. The van der Waals surface area contributed by atoms with Crippen molar-refractivity contribution in [3.63, 3.8) is 0 Å². The normalized spacial score (nSPS) is 10.4. The molecule has 2 heterocycles. The zero-order chi connectivity index (χ0) is 19.1. The predicted octanol–water partition coefficient (Wildman–Crippen LogP) is 3.45. The van der Waals surface area contributed by atoms with Gasteiger partial charge >= 0.3 is 0 Å². The van der Waals surface area contributed by atoms with Crippen molar-refractivity contribution < 1.29 is 4.79 Å². The highest BCUT2D eigenvalue weighted by atomic mass is 35.5. The van der Waals surface area contributed by atoms with Crippen molar-refractivity contribution in [1.82, 2.24) is 19.9 Å². The van der Waals surface area contributed by atoms with Crippen LogP contribution in [0.25, 0.3) is 0 Å². The molecule has 1 aromatic carbocycles. The molecule has 3 rings (SSSR count). The van der Waals surface area contributed by atoms with Gasteiger partial charge in [0.05, 0.1) is 0 Å². The summed E-state index contributed by atoms with van der Waals surface area (Å²) in [4.78, 5) is 26.6. The van der Waals surface area contributed by atoms with Gasteiger partial charge in [-0.1, -0.05) is 23.7 Å². The summed E-state index contributed by atoms with van der Waals surface area (Å²) < 4.78 is 0. The van der Waals surface area contributed by atoms with Crippen LogP contribution in [0.5, 0.6) is 0 Å². The third kappa shape index (κ3) is 5.49. The molecule has 0 bridgehead atoms. The van der Waals surface area contributed by atoms with Gasteiger partial charge in [-0.3, -0.25) is 9.78 Å². The molecule has 1 amide bonds. The molecule has 2 aromatic heterocycles. The molecule has 7 heteroatoms. The molecule has 0 aliphatic carbocycles. The van der Waals surface area contributed by atoms with E-state index in [4.69, 9.17) is 11.6 Å². The van der Waals surface area contributed by atoms with Gasteiger partial charge in [-0.05, 0) is 41.8 Å². The van der Waals surface area contributed by atoms with E-state index in [-0.39, 0.29) is 5.91 Å². The molecule has 0 unspecified atom stereocenters. The number of benzene rings is 1. The van der Waals surface area contributed by atoms with Crippen molar-refractivity contribution in [2.45, 2.75) is 13.0 Å². The molecule has 0 saturated carbocycles. The second kappa shape index (κ2) is 9.09. The second-order valence-corrected chi connectivity index (χ2v) is 6.54. The third-order valence-electron chi connectivity index (χ3n) is 4.11. The summed E-state index contributed by atoms with van der Waals surface area (Å²) in [6.45, 7) is 1.18. The van der Waals surface area contributed by atoms with E-state index in [0.29, 0.717) is 29.6 Å². The highest BCUT2D eigenvalue weighted by molar-refractivity contribution is 6.30. The van der Waals surface area contributed by atoms with Gasteiger partial charge in [-0.25, -0.2) is 9.97 Å².